The molecule has 1 aromatic rings. The lowest BCUT2D eigenvalue weighted by molar-refractivity contribution is -0.130. The van der Waals surface area contributed by atoms with Gasteiger partial charge in [0.05, 0.1) is 19.4 Å². The van der Waals surface area contributed by atoms with Gasteiger partial charge in [0.1, 0.15) is 6.04 Å². The van der Waals surface area contributed by atoms with Crippen LogP contribution in [-0.4, -0.2) is 60.2 Å². The molecule has 118 valence electrons. The van der Waals surface area contributed by atoms with E-state index in [2.05, 4.69) is 10.2 Å². The third kappa shape index (κ3) is 3.28. The standard InChI is InChI=1S/C16H21N3O3/c1-12-10-18(7-8-22-12)11-19-15(20)14(17-16(19)21)9-13-5-3-2-4-6-13/h2-6,12,14H,7-11H2,1H3,(H,17,21). The molecule has 6 nitrogen and oxygen atoms in total. The second-order valence-corrected chi connectivity index (χ2v) is 5.86. The van der Waals surface area contributed by atoms with Gasteiger partial charge in [-0.1, -0.05) is 30.3 Å². The fraction of sp³-hybridized carbons (Fsp3) is 0.500. The van der Waals surface area contributed by atoms with Gasteiger partial charge in [-0.25, -0.2) is 9.69 Å². The molecule has 2 saturated heterocycles. The van der Waals surface area contributed by atoms with Crippen LogP contribution in [0.1, 0.15) is 12.5 Å². The maximum atomic E-state index is 12.5. The Morgan fingerprint density at radius 2 is 2.05 bits per heavy atom. The number of imide groups is 1. The summed E-state index contributed by atoms with van der Waals surface area (Å²) in [5.74, 6) is -0.145. The van der Waals surface area contributed by atoms with Crippen molar-refractivity contribution >= 4 is 11.9 Å². The highest BCUT2D eigenvalue weighted by Gasteiger charge is 2.39. The van der Waals surface area contributed by atoms with Crippen molar-refractivity contribution < 1.29 is 14.3 Å². The van der Waals surface area contributed by atoms with Crippen molar-refractivity contribution in [3.63, 3.8) is 0 Å². The van der Waals surface area contributed by atoms with Gasteiger partial charge in [0.2, 0.25) is 0 Å². The lowest BCUT2D eigenvalue weighted by atomic mass is 10.1. The Morgan fingerprint density at radius 1 is 1.27 bits per heavy atom. The molecule has 0 saturated carbocycles. The van der Waals surface area contributed by atoms with Crippen molar-refractivity contribution in [2.45, 2.75) is 25.5 Å². The molecule has 2 fully saturated rings. The number of morpholine rings is 1. The van der Waals surface area contributed by atoms with Gasteiger partial charge in [0.25, 0.3) is 5.91 Å². The van der Waals surface area contributed by atoms with Gasteiger partial charge < -0.3 is 10.1 Å². The van der Waals surface area contributed by atoms with Crippen LogP contribution in [0, 0.1) is 0 Å². The van der Waals surface area contributed by atoms with Crippen LogP contribution in [0.3, 0.4) is 0 Å². The summed E-state index contributed by atoms with van der Waals surface area (Å²) in [5, 5.41) is 2.78. The summed E-state index contributed by atoms with van der Waals surface area (Å²) < 4.78 is 5.48. The number of nitrogens with zero attached hydrogens (tertiary/aromatic N) is 2. The van der Waals surface area contributed by atoms with E-state index in [0.717, 1.165) is 18.7 Å². The second-order valence-electron chi connectivity index (χ2n) is 5.86. The Morgan fingerprint density at radius 3 is 2.77 bits per heavy atom. The third-order valence-electron chi connectivity index (χ3n) is 4.06. The molecule has 6 heteroatoms. The molecule has 2 atom stereocenters. The van der Waals surface area contributed by atoms with Crippen LogP contribution in [0.25, 0.3) is 0 Å². The van der Waals surface area contributed by atoms with Crippen molar-refractivity contribution in [3.05, 3.63) is 35.9 Å². The average Bonchev–Trinajstić information content (AvgIpc) is 2.76. The molecule has 2 heterocycles. The summed E-state index contributed by atoms with van der Waals surface area (Å²) >= 11 is 0. The zero-order valence-corrected chi connectivity index (χ0v) is 12.7. The Bertz CT molecular complexity index is 549. The van der Waals surface area contributed by atoms with Crippen LogP contribution in [0.4, 0.5) is 4.79 Å². The van der Waals surface area contributed by atoms with Gasteiger partial charge in [-0.2, -0.15) is 0 Å². The Kier molecular flexibility index (Phi) is 4.40. The fourth-order valence-electron chi connectivity index (χ4n) is 2.92. The van der Waals surface area contributed by atoms with Gasteiger partial charge in [0.15, 0.2) is 0 Å². The third-order valence-corrected chi connectivity index (χ3v) is 4.06. The van der Waals surface area contributed by atoms with Crippen molar-refractivity contribution in [3.8, 4) is 0 Å². The number of urea groups is 1. The van der Waals surface area contributed by atoms with Gasteiger partial charge >= 0.3 is 6.03 Å². The molecule has 3 amide bonds. The van der Waals surface area contributed by atoms with E-state index < -0.39 is 6.04 Å². The monoisotopic (exact) mass is 303 g/mol. The van der Waals surface area contributed by atoms with Crippen molar-refractivity contribution in [2.24, 2.45) is 0 Å². The lowest BCUT2D eigenvalue weighted by Gasteiger charge is -2.32. The molecule has 2 unspecified atom stereocenters. The summed E-state index contributed by atoms with van der Waals surface area (Å²) in [6.07, 6.45) is 0.663. The zero-order valence-electron chi connectivity index (χ0n) is 12.7. The van der Waals surface area contributed by atoms with E-state index in [1.165, 1.54) is 4.90 Å². The molecule has 1 aromatic carbocycles. The molecule has 2 aliphatic heterocycles. The highest BCUT2D eigenvalue weighted by molar-refractivity contribution is 6.04. The first-order valence-electron chi connectivity index (χ1n) is 7.63. The molecule has 3 rings (SSSR count). The maximum Gasteiger partial charge on any atom is 0.325 e. The predicted octanol–water partition coefficient (Wildman–Crippen LogP) is 0.828. The lowest BCUT2D eigenvalue weighted by Crippen LogP contribution is -2.48. The molecular formula is C16H21N3O3. The highest BCUT2D eigenvalue weighted by Crippen LogP contribution is 2.14. The Balaban J connectivity index is 1.61. The van der Waals surface area contributed by atoms with Gasteiger partial charge in [-0.3, -0.25) is 9.69 Å². The van der Waals surface area contributed by atoms with Crippen LogP contribution in [0.2, 0.25) is 0 Å². The molecule has 0 aliphatic carbocycles. The van der Waals surface area contributed by atoms with E-state index in [4.69, 9.17) is 4.74 Å². The van der Waals surface area contributed by atoms with Crippen molar-refractivity contribution in [1.29, 1.82) is 0 Å². The average molecular weight is 303 g/mol. The van der Waals surface area contributed by atoms with Gasteiger partial charge in [0, 0.05) is 19.5 Å². The first-order chi connectivity index (χ1) is 10.6. The molecule has 1 N–H and O–H groups in total. The predicted molar refractivity (Wildman–Crippen MR) is 81.2 cm³/mol. The largest absolute Gasteiger partial charge is 0.376 e. The Hall–Kier alpha value is -1.92. The minimum absolute atomic E-state index is 0.134. The zero-order chi connectivity index (χ0) is 15.5. The number of amides is 3. The smallest absolute Gasteiger partial charge is 0.325 e. The Labute approximate surface area is 130 Å². The fourth-order valence-corrected chi connectivity index (χ4v) is 2.92. The number of carbonyl (C=O) groups is 2. The van der Waals surface area contributed by atoms with Crippen LogP contribution < -0.4 is 5.32 Å². The highest BCUT2D eigenvalue weighted by atomic mass is 16.5. The number of rotatable bonds is 4. The van der Waals surface area contributed by atoms with Crippen LogP contribution >= 0.6 is 0 Å². The van der Waals surface area contributed by atoms with E-state index in [1.807, 2.05) is 37.3 Å². The molecule has 2 aliphatic rings. The summed E-state index contributed by atoms with van der Waals surface area (Å²) in [5.41, 5.74) is 1.04. The first kappa shape index (κ1) is 15.0. The van der Waals surface area contributed by atoms with Gasteiger partial charge in [-0.05, 0) is 12.5 Å². The minimum Gasteiger partial charge on any atom is -0.376 e. The summed E-state index contributed by atoms with van der Waals surface area (Å²) in [4.78, 5) is 27.9. The first-order valence-corrected chi connectivity index (χ1v) is 7.63. The van der Waals surface area contributed by atoms with Crippen molar-refractivity contribution in [1.82, 2.24) is 15.1 Å². The number of hydrogen-bond acceptors (Lipinski definition) is 4. The number of ether oxygens (including phenoxy) is 1. The minimum atomic E-state index is -0.464. The quantitative estimate of drug-likeness (QED) is 0.837. The molecular weight excluding hydrogens is 282 g/mol. The molecule has 0 aromatic heterocycles. The van der Waals surface area contributed by atoms with E-state index >= 15 is 0 Å². The van der Waals surface area contributed by atoms with E-state index in [9.17, 15) is 9.59 Å². The van der Waals surface area contributed by atoms with Gasteiger partial charge in [-0.15, -0.1) is 0 Å². The SMILES string of the molecule is CC1CN(CN2C(=O)NC(Cc3ccccc3)C2=O)CCO1. The number of hydrogen-bond donors (Lipinski definition) is 1. The second kappa shape index (κ2) is 6.46. The summed E-state index contributed by atoms with van der Waals surface area (Å²) in [6, 6.07) is 8.97. The van der Waals surface area contributed by atoms with E-state index in [1.54, 1.807) is 0 Å². The summed E-state index contributed by atoms with van der Waals surface area (Å²) in [6.45, 7) is 4.45. The number of nitrogens with one attached hydrogen (secondary N) is 1. The molecule has 0 radical (unpaired) electrons. The van der Waals surface area contributed by atoms with E-state index in [0.29, 0.717) is 19.7 Å². The van der Waals surface area contributed by atoms with E-state index in [-0.39, 0.29) is 18.0 Å². The number of carbonyl (C=O) groups excluding carboxylic acids is 2. The maximum absolute atomic E-state index is 12.5. The normalized spacial score (nSPS) is 26.3. The van der Waals surface area contributed by atoms with Crippen LogP contribution in [-0.2, 0) is 16.0 Å². The molecule has 0 bridgehead atoms. The molecule has 22 heavy (non-hydrogen) atoms. The number of benzene rings is 1. The molecule has 0 spiro atoms. The van der Waals surface area contributed by atoms with Crippen LogP contribution in [0.5, 0.6) is 0 Å². The summed E-state index contributed by atoms with van der Waals surface area (Å²) in [7, 11) is 0. The topological polar surface area (TPSA) is 61.9 Å². The van der Waals surface area contributed by atoms with Crippen LogP contribution in [0.15, 0.2) is 30.3 Å². The van der Waals surface area contributed by atoms with Crippen molar-refractivity contribution in [2.75, 3.05) is 26.4 Å².